The predicted molar refractivity (Wildman–Crippen MR) is 74.3 cm³/mol. The number of hydrogen-bond acceptors (Lipinski definition) is 2. The number of hydrogen-bond donors (Lipinski definition) is 1. The maximum absolute atomic E-state index is 5.85. The molecule has 1 unspecified atom stereocenters. The minimum Gasteiger partial charge on any atom is -0.380 e. The van der Waals surface area contributed by atoms with Crippen LogP contribution in [0, 0.1) is 11.8 Å². The molecule has 102 valence electrons. The molecule has 0 radical (unpaired) electrons. The van der Waals surface area contributed by atoms with E-state index in [1.807, 2.05) is 0 Å². The molecule has 0 aliphatic heterocycles. The summed E-state index contributed by atoms with van der Waals surface area (Å²) in [5.41, 5.74) is 0. The van der Waals surface area contributed by atoms with Crippen LogP contribution in [0.25, 0.3) is 0 Å². The Morgan fingerprint density at radius 2 is 1.94 bits per heavy atom. The standard InChI is InChI=1S/C15H31NO/c1-4-10-16-15(14-7-5-6-8-14)12-17-11-9-13(2)3/h13-16H,4-12H2,1-3H3. The van der Waals surface area contributed by atoms with Gasteiger partial charge in [0, 0.05) is 12.6 Å². The van der Waals surface area contributed by atoms with Gasteiger partial charge >= 0.3 is 0 Å². The lowest BCUT2D eigenvalue weighted by molar-refractivity contribution is 0.0861. The molecular formula is C15H31NO. The van der Waals surface area contributed by atoms with Crippen molar-refractivity contribution in [3.05, 3.63) is 0 Å². The molecule has 1 aliphatic carbocycles. The highest BCUT2D eigenvalue weighted by Gasteiger charge is 2.24. The van der Waals surface area contributed by atoms with Gasteiger partial charge in [-0.15, -0.1) is 0 Å². The molecule has 17 heavy (non-hydrogen) atoms. The molecule has 2 heteroatoms. The molecule has 1 saturated carbocycles. The maximum Gasteiger partial charge on any atom is 0.0622 e. The summed E-state index contributed by atoms with van der Waals surface area (Å²) in [5.74, 6) is 1.61. The first-order valence-electron chi connectivity index (χ1n) is 7.55. The minimum absolute atomic E-state index is 0.601. The lowest BCUT2D eigenvalue weighted by Gasteiger charge is -2.24. The van der Waals surface area contributed by atoms with Gasteiger partial charge in [0.05, 0.1) is 6.61 Å². The second kappa shape index (κ2) is 8.93. The average molecular weight is 241 g/mol. The van der Waals surface area contributed by atoms with Crippen molar-refractivity contribution < 1.29 is 4.74 Å². The van der Waals surface area contributed by atoms with Crippen molar-refractivity contribution in [1.82, 2.24) is 5.32 Å². The second-order valence-corrected chi connectivity index (χ2v) is 5.86. The molecule has 0 aromatic heterocycles. The minimum atomic E-state index is 0.601. The second-order valence-electron chi connectivity index (χ2n) is 5.86. The Labute approximate surface area is 108 Å². The first-order valence-corrected chi connectivity index (χ1v) is 7.55. The fourth-order valence-electron chi connectivity index (χ4n) is 2.58. The SMILES string of the molecule is CCCNC(COCCC(C)C)C1CCCC1. The van der Waals surface area contributed by atoms with Crippen LogP contribution in [-0.4, -0.2) is 25.8 Å². The molecule has 0 saturated heterocycles. The van der Waals surface area contributed by atoms with E-state index in [1.165, 1.54) is 38.5 Å². The summed E-state index contributed by atoms with van der Waals surface area (Å²) in [6.45, 7) is 9.72. The molecule has 2 nitrogen and oxygen atoms in total. The highest BCUT2D eigenvalue weighted by atomic mass is 16.5. The molecule has 1 fully saturated rings. The van der Waals surface area contributed by atoms with Crippen LogP contribution in [0.1, 0.15) is 59.3 Å². The Balaban J connectivity index is 2.20. The third-order valence-electron chi connectivity index (χ3n) is 3.76. The van der Waals surface area contributed by atoms with Gasteiger partial charge in [-0.25, -0.2) is 0 Å². The highest BCUT2D eigenvalue weighted by molar-refractivity contribution is 4.80. The summed E-state index contributed by atoms with van der Waals surface area (Å²) >= 11 is 0. The third kappa shape index (κ3) is 6.42. The lowest BCUT2D eigenvalue weighted by Crippen LogP contribution is -2.39. The van der Waals surface area contributed by atoms with E-state index in [0.717, 1.165) is 31.6 Å². The fourth-order valence-corrected chi connectivity index (χ4v) is 2.58. The van der Waals surface area contributed by atoms with E-state index in [9.17, 15) is 0 Å². The zero-order valence-corrected chi connectivity index (χ0v) is 12.0. The van der Waals surface area contributed by atoms with E-state index < -0.39 is 0 Å². The van der Waals surface area contributed by atoms with Crippen molar-refractivity contribution in [3.63, 3.8) is 0 Å². The first kappa shape index (κ1) is 15.0. The van der Waals surface area contributed by atoms with Crippen LogP contribution in [0.3, 0.4) is 0 Å². The van der Waals surface area contributed by atoms with E-state index in [4.69, 9.17) is 4.74 Å². The number of nitrogens with one attached hydrogen (secondary N) is 1. The third-order valence-corrected chi connectivity index (χ3v) is 3.76. The summed E-state index contributed by atoms with van der Waals surface area (Å²) in [5, 5.41) is 3.67. The Hall–Kier alpha value is -0.0800. The molecule has 1 atom stereocenters. The van der Waals surface area contributed by atoms with Crippen molar-refractivity contribution in [3.8, 4) is 0 Å². The lowest BCUT2D eigenvalue weighted by atomic mass is 9.98. The van der Waals surface area contributed by atoms with Gasteiger partial charge < -0.3 is 10.1 Å². The van der Waals surface area contributed by atoms with Crippen molar-refractivity contribution in [2.75, 3.05) is 19.8 Å². The van der Waals surface area contributed by atoms with Crippen LogP contribution >= 0.6 is 0 Å². The topological polar surface area (TPSA) is 21.3 Å². The zero-order chi connectivity index (χ0) is 12.5. The zero-order valence-electron chi connectivity index (χ0n) is 12.0. The van der Waals surface area contributed by atoms with Gasteiger partial charge in [0.15, 0.2) is 0 Å². The van der Waals surface area contributed by atoms with Crippen LogP contribution < -0.4 is 5.32 Å². The van der Waals surface area contributed by atoms with Gasteiger partial charge in [-0.3, -0.25) is 0 Å². The van der Waals surface area contributed by atoms with Gasteiger partial charge in [-0.2, -0.15) is 0 Å². The highest BCUT2D eigenvalue weighted by Crippen LogP contribution is 2.27. The summed E-state index contributed by atoms with van der Waals surface area (Å²) in [6.07, 6.45) is 8.03. The fraction of sp³-hybridized carbons (Fsp3) is 1.00. The number of ether oxygens (including phenoxy) is 1. The molecule has 1 rings (SSSR count). The van der Waals surface area contributed by atoms with Gasteiger partial charge in [0.2, 0.25) is 0 Å². The monoisotopic (exact) mass is 241 g/mol. The summed E-state index contributed by atoms with van der Waals surface area (Å²) in [6, 6.07) is 0.601. The van der Waals surface area contributed by atoms with Crippen molar-refractivity contribution in [2.45, 2.75) is 65.3 Å². The summed E-state index contributed by atoms with van der Waals surface area (Å²) in [7, 11) is 0. The van der Waals surface area contributed by atoms with E-state index in [2.05, 4.69) is 26.1 Å². The molecule has 1 N–H and O–H groups in total. The van der Waals surface area contributed by atoms with Crippen molar-refractivity contribution >= 4 is 0 Å². The molecule has 0 amide bonds. The van der Waals surface area contributed by atoms with Gasteiger partial charge in [0.25, 0.3) is 0 Å². The Morgan fingerprint density at radius 1 is 1.24 bits per heavy atom. The molecule has 0 aromatic rings. The van der Waals surface area contributed by atoms with Crippen LogP contribution in [0.5, 0.6) is 0 Å². The molecule has 1 aliphatic rings. The quantitative estimate of drug-likeness (QED) is 0.623. The van der Waals surface area contributed by atoms with Crippen molar-refractivity contribution in [2.24, 2.45) is 11.8 Å². The van der Waals surface area contributed by atoms with Crippen LogP contribution in [0.4, 0.5) is 0 Å². The van der Waals surface area contributed by atoms with E-state index >= 15 is 0 Å². The summed E-state index contributed by atoms with van der Waals surface area (Å²) < 4.78 is 5.85. The van der Waals surface area contributed by atoms with Crippen molar-refractivity contribution in [1.29, 1.82) is 0 Å². The largest absolute Gasteiger partial charge is 0.380 e. The van der Waals surface area contributed by atoms with E-state index in [0.29, 0.717) is 6.04 Å². The van der Waals surface area contributed by atoms with Gasteiger partial charge in [-0.1, -0.05) is 33.6 Å². The van der Waals surface area contributed by atoms with Crippen LogP contribution in [-0.2, 0) is 4.74 Å². The van der Waals surface area contributed by atoms with Crippen LogP contribution in [0.2, 0.25) is 0 Å². The smallest absolute Gasteiger partial charge is 0.0622 e. The first-order chi connectivity index (χ1) is 8.24. The van der Waals surface area contributed by atoms with Crippen LogP contribution in [0.15, 0.2) is 0 Å². The molecule has 0 heterocycles. The molecule has 0 aromatic carbocycles. The van der Waals surface area contributed by atoms with Gasteiger partial charge in [0.1, 0.15) is 0 Å². The molecule has 0 bridgehead atoms. The normalized spacial score (nSPS) is 19.1. The Bertz CT molecular complexity index is 176. The summed E-state index contributed by atoms with van der Waals surface area (Å²) in [4.78, 5) is 0. The Morgan fingerprint density at radius 3 is 2.53 bits per heavy atom. The van der Waals surface area contributed by atoms with Gasteiger partial charge in [-0.05, 0) is 44.1 Å². The molecular weight excluding hydrogens is 210 g/mol. The average Bonchev–Trinajstić information content (AvgIpc) is 2.81. The van der Waals surface area contributed by atoms with E-state index in [-0.39, 0.29) is 0 Å². The number of rotatable bonds is 9. The molecule has 0 spiro atoms. The predicted octanol–water partition coefficient (Wildman–Crippen LogP) is 3.61. The van der Waals surface area contributed by atoms with E-state index in [1.54, 1.807) is 0 Å². The maximum atomic E-state index is 5.85. The Kier molecular flexibility index (Phi) is 7.87.